The molecule has 0 aliphatic rings. The van der Waals surface area contributed by atoms with Crippen molar-refractivity contribution in [3.05, 3.63) is 53.8 Å². The maximum absolute atomic E-state index is 13.5. The number of nitrogens with one attached hydrogen (secondary N) is 1. The predicted molar refractivity (Wildman–Crippen MR) is 79.2 cm³/mol. The highest BCUT2D eigenvalue weighted by molar-refractivity contribution is 6.07. The number of nitrogens with zero attached hydrogens (tertiary/aromatic N) is 2. The second-order valence-corrected chi connectivity index (χ2v) is 5.17. The van der Waals surface area contributed by atoms with E-state index in [2.05, 4.69) is 11.1 Å². The van der Waals surface area contributed by atoms with Crippen LogP contribution in [0.2, 0.25) is 0 Å². The van der Waals surface area contributed by atoms with Crippen molar-refractivity contribution in [1.29, 1.82) is 5.26 Å². The summed E-state index contributed by atoms with van der Waals surface area (Å²) in [7, 11) is 1.95. The average Bonchev–Trinajstić information content (AvgIpc) is 2.85. The highest BCUT2D eigenvalue weighted by Gasteiger charge is 2.16. The molecule has 21 heavy (non-hydrogen) atoms. The molecule has 0 spiro atoms. The lowest BCUT2D eigenvalue weighted by atomic mass is 10.1. The molecular weight excluding hydrogens is 265 g/mol. The van der Waals surface area contributed by atoms with Gasteiger partial charge in [0.2, 0.25) is 0 Å². The fraction of sp³-hybridized carbons (Fsp3) is 0.0588. The van der Waals surface area contributed by atoms with E-state index in [1.807, 2.05) is 29.8 Å². The van der Waals surface area contributed by atoms with E-state index >= 15 is 0 Å². The molecule has 2 heterocycles. The van der Waals surface area contributed by atoms with E-state index in [0.29, 0.717) is 5.56 Å². The Bertz CT molecular complexity index is 1070. The van der Waals surface area contributed by atoms with Crippen LogP contribution in [-0.2, 0) is 7.05 Å². The predicted octanol–water partition coefficient (Wildman–Crippen LogP) is 3.31. The highest BCUT2D eigenvalue weighted by atomic mass is 19.1. The second-order valence-electron chi connectivity index (χ2n) is 5.17. The molecule has 4 heteroatoms. The number of aromatic amines is 1. The van der Waals surface area contributed by atoms with Crippen LogP contribution < -0.4 is 4.57 Å². The summed E-state index contributed by atoms with van der Waals surface area (Å²) >= 11 is 0. The summed E-state index contributed by atoms with van der Waals surface area (Å²) in [5.74, 6) is -0.251. The third-order valence-corrected chi connectivity index (χ3v) is 3.93. The van der Waals surface area contributed by atoms with Crippen LogP contribution in [0.25, 0.3) is 32.8 Å². The summed E-state index contributed by atoms with van der Waals surface area (Å²) in [5.41, 5.74) is 3.50. The molecule has 0 radical (unpaired) electrons. The van der Waals surface area contributed by atoms with Gasteiger partial charge in [0.05, 0.1) is 24.1 Å². The van der Waals surface area contributed by atoms with E-state index in [4.69, 9.17) is 5.26 Å². The van der Waals surface area contributed by atoms with Gasteiger partial charge in [0.15, 0.2) is 0 Å². The Labute approximate surface area is 119 Å². The molecule has 0 atom stereocenters. The topological polar surface area (TPSA) is 43.5 Å². The molecule has 0 bridgehead atoms. The number of H-pyrrole nitrogens is 1. The zero-order chi connectivity index (χ0) is 14.6. The lowest BCUT2D eigenvalue weighted by Crippen LogP contribution is -2.30. The van der Waals surface area contributed by atoms with Crippen molar-refractivity contribution in [2.75, 3.05) is 0 Å². The molecule has 0 fully saturated rings. The number of aryl methyl sites for hydroxylation is 1. The first-order chi connectivity index (χ1) is 10.2. The van der Waals surface area contributed by atoms with E-state index in [9.17, 15) is 4.39 Å². The highest BCUT2D eigenvalue weighted by Crippen LogP contribution is 2.27. The van der Waals surface area contributed by atoms with E-state index in [1.54, 1.807) is 12.1 Å². The van der Waals surface area contributed by atoms with Crippen LogP contribution in [0.1, 0.15) is 5.56 Å². The molecule has 0 saturated heterocycles. The molecule has 0 saturated carbocycles. The normalized spacial score (nSPS) is 11.3. The van der Waals surface area contributed by atoms with Crippen LogP contribution in [0, 0.1) is 17.1 Å². The van der Waals surface area contributed by atoms with Crippen molar-refractivity contribution in [3.8, 4) is 6.07 Å². The number of hydrogen-bond donors (Lipinski definition) is 1. The van der Waals surface area contributed by atoms with Gasteiger partial charge in [-0.1, -0.05) is 0 Å². The monoisotopic (exact) mass is 276 g/mol. The van der Waals surface area contributed by atoms with E-state index < -0.39 is 0 Å². The fourth-order valence-electron chi connectivity index (χ4n) is 2.90. The average molecular weight is 276 g/mol. The van der Waals surface area contributed by atoms with Gasteiger partial charge in [-0.2, -0.15) is 5.26 Å². The number of fused-ring (bicyclic) bond motifs is 4. The molecular formula is C17H11FN3+. The smallest absolute Gasteiger partial charge is 0.240 e. The Morgan fingerprint density at radius 1 is 1.10 bits per heavy atom. The van der Waals surface area contributed by atoms with Crippen LogP contribution in [0.5, 0.6) is 0 Å². The van der Waals surface area contributed by atoms with Crippen LogP contribution in [-0.4, -0.2) is 4.98 Å². The van der Waals surface area contributed by atoms with Crippen LogP contribution in [0.3, 0.4) is 0 Å². The number of rotatable bonds is 0. The summed E-state index contributed by atoms with van der Waals surface area (Å²) < 4.78 is 15.5. The van der Waals surface area contributed by atoms with Crippen LogP contribution >= 0.6 is 0 Å². The zero-order valence-corrected chi connectivity index (χ0v) is 11.3. The van der Waals surface area contributed by atoms with Gasteiger partial charge in [0.1, 0.15) is 16.9 Å². The minimum absolute atomic E-state index is 0.251. The third-order valence-electron chi connectivity index (χ3n) is 3.93. The Morgan fingerprint density at radius 2 is 1.95 bits per heavy atom. The molecule has 0 aliphatic carbocycles. The van der Waals surface area contributed by atoms with Gasteiger partial charge in [0.25, 0.3) is 5.65 Å². The number of halogens is 1. The first kappa shape index (κ1) is 11.9. The number of pyridine rings is 1. The second kappa shape index (κ2) is 4.03. The van der Waals surface area contributed by atoms with Crippen LogP contribution in [0.4, 0.5) is 4.39 Å². The zero-order valence-electron chi connectivity index (χ0n) is 11.3. The van der Waals surface area contributed by atoms with Crippen molar-refractivity contribution < 1.29 is 8.96 Å². The molecule has 0 amide bonds. The third kappa shape index (κ3) is 1.61. The van der Waals surface area contributed by atoms with Gasteiger partial charge >= 0.3 is 0 Å². The van der Waals surface area contributed by atoms with Gasteiger partial charge in [-0.3, -0.25) is 0 Å². The standard InChI is InChI=1S/C17H10FN3/c1-21-16-5-3-12(18)7-11(16)8-14-13-6-10(9-19)2-4-15(13)20-17(14)21/h2-8H,1H3/p+1. The van der Waals surface area contributed by atoms with E-state index in [1.165, 1.54) is 12.1 Å². The Kier molecular flexibility index (Phi) is 2.28. The molecule has 1 N–H and O–H groups in total. The van der Waals surface area contributed by atoms with Gasteiger partial charge in [-0.15, -0.1) is 0 Å². The van der Waals surface area contributed by atoms with Crippen molar-refractivity contribution >= 4 is 32.8 Å². The quantitative estimate of drug-likeness (QED) is 0.492. The molecule has 4 aromatic rings. The van der Waals surface area contributed by atoms with Crippen LogP contribution in [0.15, 0.2) is 42.5 Å². The van der Waals surface area contributed by atoms with Crippen molar-refractivity contribution in [3.63, 3.8) is 0 Å². The Hall–Kier alpha value is -2.93. The maximum Gasteiger partial charge on any atom is 0.287 e. The van der Waals surface area contributed by atoms with E-state index in [-0.39, 0.29) is 5.82 Å². The number of benzene rings is 2. The van der Waals surface area contributed by atoms with Gasteiger partial charge < -0.3 is 0 Å². The first-order valence-electron chi connectivity index (χ1n) is 6.61. The van der Waals surface area contributed by atoms with Crippen molar-refractivity contribution in [1.82, 2.24) is 4.98 Å². The molecule has 4 rings (SSSR count). The maximum atomic E-state index is 13.5. The molecule has 3 nitrogen and oxygen atoms in total. The lowest BCUT2D eigenvalue weighted by molar-refractivity contribution is -0.619. The molecule has 0 unspecified atom stereocenters. The minimum atomic E-state index is -0.251. The lowest BCUT2D eigenvalue weighted by Gasteiger charge is -2.01. The summed E-state index contributed by atoms with van der Waals surface area (Å²) in [6.07, 6.45) is 0. The first-order valence-corrected chi connectivity index (χ1v) is 6.61. The molecule has 100 valence electrons. The fourth-order valence-corrected chi connectivity index (χ4v) is 2.90. The number of nitriles is 1. The molecule has 2 aromatic heterocycles. The summed E-state index contributed by atoms with van der Waals surface area (Å²) in [6, 6.07) is 14.4. The Balaban J connectivity index is 2.24. The van der Waals surface area contributed by atoms with Gasteiger partial charge in [-0.05, 0) is 42.5 Å². The summed E-state index contributed by atoms with van der Waals surface area (Å²) in [5, 5.41) is 11.9. The SMILES string of the molecule is C[n+]1c2ccc(F)cc2cc2c3cc(C#N)ccc3[nH]c21. The van der Waals surface area contributed by atoms with Crippen molar-refractivity contribution in [2.24, 2.45) is 7.05 Å². The van der Waals surface area contributed by atoms with Crippen molar-refractivity contribution in [2.45, 2.75) is 0 Å². The number of aromatic nitrogens is 2. The molecule has 0 aliphatic heterocycles. The Morgan fingerprint density at radius 3 is 2.76 bits per heavy atom. The van der Waals surface area contributed by atoms with Gasteiger partial charge in [-0.25, -0.2) is 13.9 Å². The summed E-state index contributed by atoms with van der Waals surface area (Å²) in [6.45, 7) is 0. The van der Waals surface area contributed by atoms with E-state index in [0.717, 1.165) is 32.8 Å². The minimum Gasteiger partial charge on any atom is -0.240 e. The number of hydrogen-bond acceptors (Lipinski definition) is 1. The van der Waals surface area contributed by atoms with Gasteiger partial charge in [0, 0.05) is 10.8 Å². The largest absolute Gasteiger partial charge is 0.287 e. The summed E-state index contributed by atoms with van der Waals surface area (Å²) in [4.78, 5) is 3.36. The molecule has 2 aromatic carbocycles.